The van der Waals surface area contributed by atoms with E-state index < -0.39 is 0 Å². The van der Waals surface area contributed by atoms with Gasteiger partial charge in [0.1, 0.15) is 6.54 Å². The van der Waals surface area contributed by atoms with Crippen LogP contribution in [0, 0.1) is 0 Å². The van der Waals surface area contributed by atoms with Crippen LogP contribution in [0.1, 0.15) is 37.1 Å². The fourth-order valence-electron chi connectivity index (χ4n) is 4.52. The fourth-order valence-corrected chi connectivity index (χ4v) is 4.65. The maximum absolute atomic E-state index is 13.7. The number of aryl methyl sites for hydroxylation is 1. The molecule has 1 N–H and O–H groups in total. The van der Waals surface area contributed by atoms with Crippen molar-refractivity contribution in [3.63, 3.8) is 0 Å². The summed E-state index contributed by atoms with van der Waals surface area (Å²) in [4.78, 5) is 30.5. The summed E-state index contributed by atoms with van der Waals surface area (Å²) in [5, 5.41) is 9.86. The summed E-state index contributed by atoms with van der Waals surface area (Å²) < 4.78 is 7.43. The van der Waals surface area contributed by atoms with Gasteiger partial charge in [-0.2, -0.15) is 5.10 Å². The van der Waals surface area contributed by atoms with Gasteiger partial charge in [0.25, 0.3) is 5.91 Å². The van der Waals surface area contributed by atoms with Gasteiger partial charge in [-0.15, -0.1) is 0 Å². The molecule has 0 radical (unpaired) electrons. The Kier molecular flexibility index (Phi) is 9.01. The highest BCUT2D eigenvalue weighted by molar-refractivity contribution is 6.30. The Hall–Kier alpha value is -2.88. The molecule has 1 aromatic heterocycles. The summed E-state index contributed by atoms with van der Waals surface area (Å²) in [6.07, 6.45) is 3.37. The molecular weight excluding hydrogens is 480 g/mol. The van der Waals surface area contributed by atoms with Gasteiger partial charge < -0.3 is 19.5 Å². The number of carbonyl (C=O) groups excluding carboxylic acids is 2. The van der Waals surface area contributed by atoms with Crippen LogP contribution in [0.25, 0.3) is 0 Å². The van der Waals surface area contributed by atoms with Crippen molar-refractivity contribution in [2.75, 3.05) is 52.5 Å². The van der Waals surface area contributed by atoms with Gasteiger partial charge in [0.05, 0.1) is 30.7 Å². The lowest BCUT2D eigenvalue weighted by atomic mass is 10.0. The number of nitrogens with zero attached hydrogens (tertiary/aromatic N) is 5. The molecule has 1 fully saturated rings. The molecule has 0 spiro atoms. The fraction of sp³-hybridized carbons (Fsp3) is 0.500. The molecule has 3 heterocycles. The van der Waals surface area contributed by atoms with E-state index in [0.29, 0.717) is 44.3 Å². The average Bonchev–Trinajstić information content (AvgIpc) is 3.52. The summed E-state index contributed by atoms with van der Waals surface area (Å²) in [7, 11) is 1.96. The summed E-state index contributed by atoms with van der Waals surface area (Å²) in [6.45, 7) is 6.69. The first kappa shape index (κ1) is 26.2. The van der Waals surface area contributed by atoms with E-state index in [2.05, 4.69) is 10.2 Å². The minimum atomic E-state index is -0.264. The van der Waals surface area contributed by atoms with Crippen LogP contribution in [-0.2, 0) is 16.6 Å². The van der Waals surface area contributed by atoms with Crippen LogP contribution in [0.4, 0.5) is 4.79 Å². The minimum Gasteiger partial charge on any atom is -0.379 e. The maximum Gasteiger partial charge on any atom is 0.317 e. The van der Waals surface area contributed by atoms with Crippen LogP contribution in [0.15, 0.2) is 47.7 Å². The number of aromatic nitrogens is 1. The second kappa shape index (κ2) is 12.4. The summed E-state index contributed by atoms with van der Waals surface area (Å²) >= 11 is 6.12. The van der Waals surface area contributed by atoms with Crippen molar-refractivity contribution in [2.24, 2.45) is 12.1 Å². The van der Waals surface area contributed by atoms with Gasteiger partial charge in [-0.1, -0.05) is 30.7 Å². The topological polar surface area (TPSA) is 82.4 Å². The Balaban J connectivity index is 1.53. The molecule has 1 unspecified atom stereocenters. The van der Waals surface area contributed by atoms with Crippen molar-refractivity contribution in [2.45, 2.75) is 25.8 Å². The first-order chi connectivity index (χ1) is 17.5. The molecule has 3 amide bonds. The second-order valence-electron chi connectivity index (χ2n) is 9.17. The number of morpholine rings is 1. The molecule has 0 bridgehead atoms. The van der Waals surface area contributed by atoms with Crippen molar-refractivity contribution < 1.29 is 14.3 Å². The molecule has 1 saturated heterocycles. The predicted octanol–water partition coefficient (Wildman–Crippen LogP) is 3.11. The van der Waals surface area contributed by atoms with Gasteiger partial charge in [-0.05, 0) is 36.2 Å². The number of urea groups is 1. The Labute approximate surface area is 217 Å². The summed E-state index contributed by atoms with van der Waals surface area (Å²) in [5.41, 5.74) is 2.76. The van der Waals surface area contributed by atoms with E-state index >= 15 is 0 Å². The summed E-state index contributed by atoms with van der Waals surface area (Å²) in [6, 6.07) is 11.0. The van der Waals surface area contributed by atoms with E-state index in [1.807, 2.05) is 61.1 Å². The highest BCUT2D eigenvalue weighted by Gasteiger charge is 2.35. The first-order valence-corrected chi connectivity index (χ1v) is 12.9. The number of carbonyl (C=O) groups is 2. The highest BCUT2D eigenvalue weighted by atomic mass is 35.5. The van der Waals surface area contributed by atoms with Gasteiger partial charge in [0.2, 0.25) is 0 Å². The molecule has 0 aliphatic carbocycles. The molecule has 2 aliphatic rings. The van der Waals surface area contributed by atoms with E-state index in [-0.39, 0.29) is 24.5 Å². The van der Waals surface area contributed by atoms with Crippen LogP contribution < -0.4 is 5.32 Å². The molecule has 2 aromatic rings. The largest absolute Gasteiger partial charge is 0.379 e. The lowest BCUT2D eigenvalue weighted by Crippen LogP contribution is -2.49. The molecule has 36 heavy (non-hydrogen) atoms. The van der Waals surface area contributed by atoms with Crippen molar-refractivity contribution >= 4 is 29.3 Å². The maximum atomic E-state index is 13.7. The predicted molar refractivity (Wildman–Crippen MR) is 140 cm³/mol. The van der Waals surface area contributed by atoms with Crippen molar-refractivity contribution in [3.05, 3.63) is 58.9 Å². The molecule has 194 valence electrons. The monoisotopic (exact) mass is 514 g/mol. The molecule has 9 nitrogen and oxygen atoms in total. The average molecular weight is 515 g/mol. The molecule has 0 saturated carbocycles. The van der Waals surface area contributed by atoms with Gasteiger partial charge in [-0.25, -0.2) is 9.80 Å². The zero-order chi connectivity index (χ0) is 25.5. The third-order valence-electron chi connectivity index (χ3n) is 6.59. The van der Waals surface area contributed by atoms with Crippen LogP contribution in [0.3, 0.4) is 0 Å². The van der Waals surface area contributed by atoms with E-state index in [9.17, 15) is 9.59 Å². The lowest BCUT2D eigenvalue weighted by molar-refractivity contribution is -0.133. The Morgan fingerprint density at radius 3 is 2.61 bits per heavy atom. The smallest absolute Gasteiger partial charge is 0.317 e. The standard InChI is InChI=1S/C26H35ClN6O3/c1-3-10-28-26(35)32(13-12-31-14-16-36-17-15-31)19-25(34)33-24(20-6-8-21(27)9-7-20)18-22(29-33)23-5-4-11-30(23)2/h4-9,11,24H,3,10,12-19H2,1-2H3,(H,28,35). The van der Waals surface area contributed by atoms with Crippen LogP contribution >= 0.6 is 11.6 Å². The number of benzene rings is 1. The molecule has 10 heteroatoms. The third kappa shape index (κ3) is 6.46. The van der Waals surface area contributed by atoms with Gasteiger partial charge in [-0.3, -0.25) is 9.69 Å². The van der Waals surface area contributed by atoms with Crippen LogP contribution in [0.2, 0.25) is 5.02 Å². The van der Waals surface area contributed by atoms with E-state index in [0.717, 1.165) is 36.5 Å². The van der Waals surface area contributed by atoms with E-state index in [1.54, 1.807) is 9.91 Å². The van der Waals surface area contributed by atoms with Crippen LogP contribution in [-0.4, -0.2) is 89.5 Å². The molecule has 1 aromatic carbocycles. The van der Waals surface area contributed by atoms with Gasteiger partial charge >= 0.3 is 6.03 Å². The number of rotatable bonds is 9. The number of hydrogen-bond acceptors (Lipinski definition) is 5. The minimum absolute atomic E-state index is 0.0477. The number of hydrazone groups is 1. The van der Waals surface area contributed by atoms with Crippen molar-refractivity contribution in [1.82, 2.24) is 24.7 Å². The Morgan fingerprint density at radius 1 is 1.19 bits per heavy atom. The highest BCUT2D eigenvalue weighted by Crippen LogP contribution is 2.33. The Morgan fingerprint density at radius 2 is 1.94 bits per heavy atom. The lowest BCUT2D eigenvalue weighted by Gasteiger charge is -2.31. The zero-order valence-corrected chi connectivity index (χ0v) is 21.8. The molecule has 2 aliphatic heterocycles. The first-order valence-electron chi connectivity index (χ1n) is 12.6. The summed E-state index contributed by atoms with van der Waals surface area (Å²) in [5.74, 6) is -0.215. The Bertz CT molecular complexity index is 1060. The number of hydrogen-bond donors (Lipinski definition) is 1. The molecular formula is C26H35ClN6O3. The quantitative estimate of drug-likeness (QED) is 0.557. The second-order valence-corrected chi connectivity index (χ2v) is 9.60. The number of ether oxygens (including phenoxy) is 1. The van der Waals surface area contributed by atoms with E-state index in [4.69, 9.17) is 21.4 Å². The van der Waals surface area contributed by atoms with Crippen molar-refractivity contribution in [1.29, 1.82) is 0 Å². The van der Waals surface area contributed by atoms with Crippen molar-refractivity contribution in [3.8, 4) is 0 Å². The number of amides is 3. The normalized spacial score (nSPS) is 18.2. The van der Waals surface area contributed by atoms with Crippen LogP contribution in [0.5, 0.6) is 0 Å². The zero-order valence-electron chi connectivity index (χ0n) is 21.0. The van der Waals surface area contributed by atoms with Gasteiger partial charge in [0.15, 0.2) is 0 Å². The number of nitrogens with one attached hydrogen (secondary N) is 1. The SMILES string of the molecule is CCCNC(=O)N(CCN1CCOCC1)CC(=O)N1N=C(c2cccn2C)CC1c1ccc(Cl)cc1. The molecule has 4 rings (SSSR count). The van der Waals surface area contributed by atoms with E-state index in [1.165, 1.54) is 0 Å². The third-order valence-corrected chi connectivity index (χ3v) is 6.84. The molecule has 1 atom stereocenters. The van der Waals surface area contributed by atoms with Gasteiger partial charge in [0, 0.05) is 57.4 Å². The number of halogens is 1.